The lowest BCUT2D eigenvalue weighted by Crippen LogP contribution is -2.29. The third-order valence-electron chi connectivity index (χ3n) is 4.67. The van der Waals surface area contributed by atoms with E-state index in [0.29, 0.717) is 18.3 Å². The highest BCUT2D eigenvalue weighted by Gasteiger charge is 2.21. The highest BCUT2D eigenvalue weighted by molar-refractivity contribution is 5.85. The molecule has 1 saturated heterocycles. The molecule has 1 aromatic carbocycles. The fourth-order valence-corrected chi connectivity index (χ4v) is 3.44. The lowest BCUT2D eigenvalue weighted by Gasteiger charge is -2.12. The van der Waals surface area contributed by atoms with Gasteiger partial charge in [-0.05, 0) is 61.7 Å². The van der Waals surface area contributed by atoms with Crippen molar-refractivity contribution < 1.29 is 4.79 Å². The fraction of sp³-hybridized carbons (Fsp3) is 0.588. The lowest BCUT2D eigenvalue weighted by atomic mass is 10.0. The molecule has 2 aliphatic rings. The van der Waals surface area contributed by atoms with E-state index in [9.17, 15) is 4.79 Å². The number of halogens is 1. The van der Waals surface area contributed by atoms with Crippen LogP contribution in [0.4, 0.5) is 0 Å². The van der Waals surface area contributed by atoms with Crippen LogP contribution in [0.5, 0.6) is 0 Å². The maximum atomic E-state index is 11.9. The van der Waals surface area contributed by atoms with Crippen LogP contribution < -0.4 is 10.6 Å². The van der Waals surface area contributed by atoms with Crippen molar-refractivity contribution in [2.75, 3.05) is 19.6 Å². The number of nitrogens with one attached hydrogen (secondary N) is 2. The minimum atomic E-state index is 0. The molecule has 0 saturated carbocycles. The second kappa shape index (κ2) is 7.81. The van der Waals surface area contributed by atoms with Gasteiger partial charge in [0.2, 0.25) is 5.91 Å². The van der Waals surface area contributed by atoms with Gasteiger partial charge in [0.15, 0.2) is 0 Å². The summed E-state index contributed by atoms with van der Waals surface area (Å²) in [5.74, 6) is 1.52. The van der Waals surface area contributed by atoms with Crippen molar-refractivity contribution in [2.45, 2.75) is 32.1 Å². The van der Waals surface area contributed by atoms with Crippen molar-refractivity contribution in [1.82, 2.24) is 10.6 Å². The molecule has 2 N–H and O–H groups in total. The van der Waals surface area contributed by atoms with Crippen LogP contribution in [0.2, 0.25) is 0 Å². The number of benzene rings is 1. The summed E-state index contributed by atoms with van der Waals surface area (Å²) in [6.07, 6.45) is 5.17. The van der Waals surface area contributed by atoms with E-state index < -0.39 is 0 Å². The molecule has 0 radical (unpaired) electrons. The van der Waals surface area contributed by atoms with Crippen LogP contribution in [0.25, 0.3) is 0 Å². The molecule has 1 heterocycles. The molecule has 3 nitrogen and oxygen atoms in total. The van der Waals surface area contributed by atoms with Gasteiger partial charge in [-0.3, -0.25) is 4.79 Å². The molecule has 3 rings (SSSR count). The molecule has 116 valence electrons. The monoisotopic (exact) mass is 308 g/mol. The van der Waals surface area contributed by atoms with E-state index >= 15 is 0 Å². The number of carbonyl (C=O) groups excluding carboxylic acids is 1. The van der Waals surface area contributed by atoms with Crippen molar-refractivity contribution >= 4 is 18.3 Å². The Hall–Kier alpha value is -1.06. The summed E-state index contributed by atoms with van der Waals surface area (Å²) in [4.78, 5) is 11.9. The number of fused-ring (bicyclic) bond motifs is 1. The summed E-state index contributed by atoms with van der Waals surface area (Å²) in [5.41, 5.74) is 2.92. The molecule has 1 fully saturated rings. The Morgan fingerprint density at radius 1 is 1.19 bits per heavy atom. The molecule has 1 aromatic rings. The molecule has 21 heavy (non-hydrogen) atoms. The SMILES string of the molecule is Cl.O=C(CCC1CCNC1)NCC1Cc2ccccc2C1. The minimum Gasteiger partial charge on any atom is -0.356 e. The molecule has 1 aliphatic heterocycles. The van der Waals surface area contributed by atoms with E-state index in [-0.39, 0.29) is 18.3 Å². The average Bonchev–Trinajstić information content (AvgIpc) is 3.11. The summed E-state index contributed by atoms with van der Waals surface area (Å²) in [5, 5.41) is 6.48. The first-order chi connectivity index (χ1) is 9.81. The van der Waals surface area contributed by atoms with Gasteiger partial charge in [0.05, 0.1) is 0 Å². The van der Waals surface area contributed by atoms with Crippen molar-refractivity contribution in [3.8, 4) is 0 Å². The van der Waals surface area contributed by atoms with Gasteiger partial charge in [-0.2, -0.15) is 0 Å². The molecule has 4 heteroatoms. The quantitative estimate of drug-likeness (QED) is 0.876. The van der Waals surface area contributed by atoms with Gasteiger partial charge in [-0.25, -0.2) is 0 Å². The molecule has 1 aliphatic carbocycles. The highest BCUT2D eigenvalue weighted by atomic mass is 35.5. The molecule has 1 amide bonds. The second-order valence-corrected chi connectivity index (χ2v) is 6.24. The molecular weight excluding hydrogens is 284 g/mol. The van der Waals surface area contributed by atoms with Gasteiger partial charge in [0.1, 0.15) is 0 Å². The number of rotatable bonds is 5. The largest absolute Gasteiger partial charge is 0.356 e. The predicted octanol–water partition coefficient (Wildman–Crippen LogP) is 2.33. The smallest absolute Gasteiger partial charge is 0.220 e. The van der Waals surface area contributed by atoms with Crippen LogP contribution in [-0.4, -0.2) is 25.5 Å². The Labute approximate surface area is 133 Å². The summed E-state index contributed by atoms with van der Waals surface area (Å²) < 4.78 is 0. The molecule has 0 aromatic heterocycles. The summed E-state index contributed by atoms with van der Waals surface area (Å²) >= 11 is 0. The van der Waals surface area contributed by atoms with Crippen LogP contribution in [0.15, 0.2) is 24.3 Å². The van der Waals surface area contributed by atoms with Crippen LogP contribution in [0.1, 0.15) is 30.4 Å². The first-order valence-electron chi connectivity index (χ1n) is 7.85. The zero-order valence-electron chi connectivity index (χ0n) is 12.4. The molecule has 1 unspecified atom stereocenters. The molecule has 1 atom stereocenters. The standard InChI is InChI=1S/C17H24N2O.ClH/c20-17(6-5-13-7-8-18-11-13)19-12-14-9-15-3-1-2-4-16(15)10-14;/h1-4,13-14,18H,5-12H2,(H,19,20);1H. The second-order valence-electron chi connectivity index (χ2n) is 6.24. The predicted molar refractivity (Wildman–Crippen MR) is 87.8 cm³/mol. The van der Waals surface area contributed by atoms with Gasteiger partial charge in [-0.15, -0.1) is 12.4 Å². The zero-order chi connectivity index (χ0) is 13.8. The van der Waals surface area contributed by atoms with E-state index in [0.717, 1.165) is 38.9 Å². The van der Waals surface area contributed by atoms with Gasteiger partial charge in [-0.1, -0.05) is 24.3 Å². The van der Waals surface area contributed by atoms with Crippen molar-refractivity contribution in [3.05, 3.63) is 35.4 Å². The molecule has 0 spiro atoms. The third kappa shape index (κ3) is 4.45. The van der Waals surface area contributed by atoms with Crippen molar-refractivity contribution in [2.24, 2.45) is 11.8 Å². The Morgan fingerprint density at radius 3 is 2.52 bits per heavy atom. The number of hydrogen-bond acceptors (Lipinski definition) is 2. The maximum Gasteiger partial charge on any atom is 0.220 e. The topological polar surface area (TPSA) is 41.1 Å². The van der Waals surface area contributed by atoms with Crippen molar-refractivity contribution in [3.63, 3.8) is 0 Å². The summed E-state index contributed by atoms with van der Waals surface area (Å²) in [6.45, 7) is 3.04. The van der Waals surface area contributed by atoms with E-state index in [1.54, 1.807) is 0 Å². The van der Waals surface area contributed by atoms with Crippen LogP contribution in [0.3, 0.4) is 0 Å². The Morgan fingerprint density at radius 2 is 1.90 bits per heavy atom. The first-order valence-corrected chi connectivity index (χ1v) is 7.85. The third-order valence-corrected chi connectivity index (χ3v) is 4.67. The number of amides is 1. The van der Waals surface area contributed by atoms with Crippen LogP contribution >= 0.6 is 12.4 Å². The van der Waals surface area contributed by atoms with Gasteiger partial charge >= 0.3 is 0 Å². The van der Waals surface area contributed by atoms with E-state index in [4.69, 9.17) is 0 Å². The van der Waals surface area contributed by atoms with Gasteiger partial charge < -0.3 is 10.6 Å². The Kier molecular flexibility index (Phi) is 6.07. The van der Waals surface area contributed by atoms with Crippen molar-refractivity contribution in [1.29, 1.82) is 0 Å². The van der Waals surface area contributed by atoms with Gasteiger partial charge in [0, 0.05) is 13.0 Å². The van der Waals surface area contributed by atoms with Crippen LogP contribution in [-0.2, 0) is 17.6 Å². The molecule has 0 bridgehead atoms. The highest BCUT2D eigenvalue weighted by Crippen LogP contribution is 2.25. The van der Waals surface area contributed by atoms with E-state index in [1.807, 2.05) is 0 Å². The fourth-order valence-electron chi connectivity index (χ4n) is 3.44. The summed E-state index contributed by atoms with van der Waals surface area (Å²) in [7, 11) is 0. The summed E-state index contributed by atoms with van der Waals surface area (Å²) in [6, 6.07) is 8.64. The van der Waals surface area contributed by atoms with E-state index in [1.165, 1.54) is 17.5 Å². The normalized spacial score (nSPS) is 20.9. The van der Waals surface area contributed by atoms with Gasteiger partial charge in [0.25, 0.3) is 0 Å². The average molecular weight is 309 g/mol. The number of carbonyl (C=O) groups is 1. The minimum absolute atomic E-state index is 0. The van der Waals surface area contributed by atoms with E-state index in [2.05, 4.69) is 34.9 Å². The molecular formula is C17H25ClN2O. The number of hydrogen-bond donors (Lipinski definition) is 2. The van der Waals surface area contributed by atoms with Crippen LogP contribution in [0, 0.1) is 11.8 Å². The zero-order valence-corrected chi connectivity index (χ0v) is 13.3. The lowest BCUT2D eigenvalue weighted by molar-refractivity contribution is -0.121. The Bertz CT molecular complexity index is 447. The maximum absolute atomic E-state index is 11.9. The first kappa shape index (κ1) is 16.3. The Balaban J connectivity index is 0.00000161.